The predicted molar refractivity (Wildman–Crippen MR) is 86.8 cm³/mol. The molecule has 2 aromatic rings. The number of sulfonamides is 1. The van der Waals surface area contributed by atoms with Gasteiger partial charge in [-0.1, -0.05) is 6.07 Å². The van der Waals surface area contributed by atoms with Crippen LogP contribution in [-0.2, 0) is 21.3 Å². The lowest BCUT2D eigenvalue weighted by molar-refractivity contribution is 0.177. The van der Waals surface area contributed by atoms with Crippen LogP contribution in [0, 0.1) is 0 Å². The second-order valence-electron chi connectivity index (χ2n) is 4.59. The molecule has 22 heavy (non-hydrogen) atoms. The molecule has 7 heteroatoms. The fourth-order valence-corrected chi connectivity index (χ4v) is 4.15. The third kappa shape index (κ3) is 4.07. The Hall–Kier alpha value is -1.41. The molecular formula is C15H19NO4S2. The van der Waals surface area contributed by atoms with Crippen LogP contribution in [-0.4, -0.2) is 40.1 Å². The topological polar surface area (TPSA) is 55.8 Å². The van der Waals surface area contributed by atoms with Crippen molar-refractivity contribution in [1.82, 2.24) is 4.31 Å². The van der Waals surface area contributed by atoms with Gasteiger partial charge >= 0.3 is 0 Å². The Morgan fingerprint density at radius 2 is 1.86 bits per heavy atom. The molecular weight excluding hydrogens is 322 g/mol. The monoisotopic (exact) mass is 341 g/mol. The van der Waals surface area contributed by atoms with Gasteiger partial charge in [0, 0.05) is 25.1 Å². The number of hydrogen-bond acceptors (Lipinski definition) is 5. The Balaban J connectivity index is 2.26. The van der Waals surface area contributed by atoms with Crippen LogP contribution in [0.15, 0.2) is 46.7 Å². The van der Waals surface area contributed by atoms with Crippen LogP contribution >= 0.6 is 11.3 Å². The molecule has 0 N–H and O–H groups in total. The highest BCUT2D eigenvalue weighted by atomic mass is 32.2. The van der Waals surface area contributed by atoms with E-state index in [2.05, 4.69) is 0 Å². The van der Waals surface area contributed by atoms with E-state index in [0.29, 0.717) is 25.4 Å². The number of thiophene rings is 1. The van der Waals surface area contributed by atoms with E-state index in [-0.39, 0.29) is 4.90 Å². The van der Waals surface area contributed by atoms with E-state index in [1.165, 1.54) is 15.6 Å². The van der Waals surface area contributed by atoms with Gasteiger partial charge in [0.15, 0.2) is 0 Å². The summed E-state index contributed by atoms with van der Waals surface area (Å²) in [5, 5.41) is 1.93. The minimum absolute atomic E-state index is 0.251. The number of ether oxygens (including phenoxy) is 2. The molecule has 0 saturated heterocycles. The van der Waals surface area contributed by atoms with Crippen LogP contribution in [0.5, 0.6) is 5.75 Å². The summed E-state index contributed by atoms with van der Waals surface area (Å²) in [5.74, 6) is 0.626. The van der Waals surface area contributed by atoms with Crippen LogP contribution in [0.2, 0.25) is 0 Å². The molecule has 0 aliphatic rings. The van der Waals surface area contributed by atoms with Crippen molar-refractivity contribution < 1.29 is 17.9 Å². The second kappa shape index (κ2) is 7.73. The van der Waals surface area contributed by atoms with Crippen LogP contribution < -0.4 is 4.74 Å². The van der Waals surface area contributed by atoms with E-state index >= 15 is 0 Å². The molecule has 0 unspecified atom stereocenters. The first-order chi connectivity index (χ1) is 10.6. The molecule has 2 rings (SSSR count). The van der Waals surface area contributed by atoms with Crippen molar-refractivity contribution in [3.63, 3.8) is 0 Å². The van der Waals surface area contributed by atoms with Gasteiger partial charge in [0.1, 0.15) is 5.75 Å². The highest BCUT2D eigenvalue weighted by Gasteiger charge is 2.24. The van der Waals surface area contributed by atoms with E-state index in [0.717, 1.165) is 4.88 Å². The Kier molecular flexibility index (Phi) is 5.96. The highest BCUT2D eigenvalue weighted by Crippen LogP contribution is 2.22. The molecule has 0 spiro atoms. The van der Waals surface area contributed by atoms with E-state index in [1.54, 1.807) is 38.5 Å². The summed E-state index contributed by atoms with van der Waals surface area (Å²) in [5.41, 5.74) is 0. The standard InChI is InChI=1S/C15H19NO4S2/c1-19-10-9-16(12-14-4-3-11-21-14)22(17,18)15-7-5-13(20-2)6-8-15/h3-8,11H,9-10,12H2,1-2H3. The van der Waals surface area contributed by atoms with Gasteiger partial charge in [0.25, 0.3) is 0 Å². The van der Waals surface area contributed by atoms with Crippen molar-refractivity contribution in [2.75, 3.05) is 27.4 Å². The highest BCUT2D eigenvalue weighted by molar-refractivity contribution is 7.89. The molecule has 5 nitrogen and oxygen atoms in total. The van der Waals surface area contributed by atoms with Gasteiger partial charge in [-0.05, 0) is 35.7 Å². The lowest BCUT2D eigenvalue weighted by atomic mass is 10.3. The van der Waals surface area contributed by atoms with Gasteiger partial charge < -0.3 is 9.47 Å². The fourth-order valence-electron chi connectivity index (χ4n) is 1.95. The molecule has 0 aliphatic carbocycles. The number of rotatable bonds is 8. The van der Waals surface area contributed by atoms with Crippen molar-refractivity contribution in [1.29, 1.82) is 0 Å². The fraction of sp³-hybridized carbons (Fsp3) is 0.333. The Morgan fingerprint density at radius 1 is 1.14 bits per heavy atom. The van der Waals surface area contributed by atoms with Gasteiger partial charge in [-0.25, -0.2) is 8.42 Å². The van der Waals surface area contributed by atoms with E-state index < -0.39 is 10.0 Å². The number of hydrogen-bond donors (Lipinski definition) is 0. The quantitative estimate of drug-likeness (QED) is 0.740. The summed E-state index contributed by atoms with van der Waals surface area (Å²) in [6.07, 6.45) is 0. The van der Waals surface area contributed by atoms with Crippen molar-refractivity contribution >= 4 is 21.4 Å². The van der Waals surface area contributed by atoms with Crippen molar-refractivity contribution in [3.05, 3.63) is 46.7 Å². The Labute approximate surface area is 135 Å². The average molecular weight is 341 g/mol. The summed E-state index contributed by atoms with van der Waals surface area (Å²) in [6, 6.07) is 10.2. The van der Waals surface area contributed by atoms with E-state index in [1.807, 2.05) is 17.5 Å². The molecule has 1 heterocycles. The van der Waals surface area contributed by atoms with Gasteiger partial charge in [-0.15, -0.1) is 11.3 Å². The summed E-state index contributed by atoms with van der Waals surface area (Å²) in [7, 11) is -0.464. The lowest BCUT2D eigenvalue weighted by Crippen LogP contribution is -2.33. The van der Waals surface area contributed by atoms with Gasteiger partial charge in [-0.2, -0.15) is 4.31 Å². The van der Waals surface area contributed by atoms with E-state index in [9.17, 15) is 8.42 Å². The Morgan fingerprint density at radius 3 is 2.41 bits per heavy atom. The number of benzene rings is 1. The van der Waals surface area contributed by atoms with Gasteiger partial charge in [-0.3, -0.25) is 0 Å². The zero-order chi connectivity index (χ0) is 16.0. The minimum atomic E-state index is -3.57. The molecule has 0 fully saturated rings. The first-order valence-electron chi connectivity index (χ1n) is 6.73. The van der Waals surface area contributed by atoms with Crippen LogP contribution in [0.4, 0.5) is 0 Å². The maximum Gasteiger partial charge on any atom is 0.243 e. The molecule has 0 saturated carbocycles. The SMILES string of the molecule is COCCN(Cc1cccs1)S(=O)(=O)c1ccc(OC)cc1. The maximum atomic E-state index is 12.8. The third-order valence-electron chi connectivity index (χ3n) is 3.15. The first kappa shape index (κ1) is 17.0. The molecule has 1 aromatic heterocycles. The maximum absolute atomic E-state index is 12.8. The third-order valence-corrected chi connectivity index (χ3v) is 5.87. The van der Waals surface area contributed by atoms with Crippen molar-refractivity contribution in [2.45, 2.75) is 11.4 Å². The van der Waals surface area contributed by atoms with E-state index in [4.69, 9.17) is 9.47 Å². The summed E-state index contributed by atoms with van der Waals surface area (Å²) in [6.45, 7) is 0.999. The molecule has 120 valence electrons. The summed E-state index contributed by atoms with van der Waals surface area (Å²) < 4.78 is 37.1. The molecule has 0 bridgehead atoms. The molecule has 0 aliphatic heterocycles. The zero-order valence-electron chi connectivity index (χ0n) is 12.6. The number of nitrogens with zero attached hydrogens (tertiary/aromatic N) is 1. The van der Waals surface area contributed by atoms with Crippen LogP contribution in [0.25, 0.3) is 0 Å². The van der Waals surface area contributed by atoms with Crippen molar-refractivity contribution in [2.24, 2.45) is 0 Å². The summed E-state index contributed by atoms with van der Waals surface area (Å²) in [4.78, 5) is 1.24. The molecule has 0 radical (unpaired) electrons. The van der Waals surface area contributed by atoms with Crippen LogP contribution in [0.3, 0.4) is 0 Å². The van der Waals surface area contributed by atoms with Gasteiger partial charge in [0.2, 0.25) is 10.0 Å². The summed E-state index contributed by atoms with van der Waals surface area (Å²) >= 11 is 1.54. The van der Waals surface area contributed by atoms with Crippen molar-refractivity contribution in [3.8, 4) is 5.75 Å². The largest absolute Gasteiger partial charge is 0.497 e. The minimum Gasteiger partial charge on any atom is -0.497 e. The molecule has 0 atom stereocenters. The predicted octanol–water partition coefficient (Wildman–Crippen LogP) is 2.59. The lowest BCUT2D eigenvalue weighted by Gasteiger charge is -2.21. The second-order valence-corrected chi connectivity index (χ2v) is 7.56. The number of methoxy groups -OCH3 is 2. The smallest absolute Gasteiger partial charge is 0.243 e. The first-order valence-corrected chi connectivity index (χ1v) is 9.05. The molecule has 0 amide bonds. The van der Waals surface area contributed by atoms with Gasteiger partial charge in [0.05, 0.1) is 18.6 Å². The average Bonchev–Trinajstić information content (AvgIpc) is 3.04. The zero-order valence-corrected chi connectivity index (χ0v) is 14.2. The normalized spacial score (nSPS) is 11.8. The molecule has 1 aromatic carbocycles. The van der Waals surface area contributed by atoms with Crippen LogP contribution in [0.1, 0.15) is 4.88 Å². The Bertz CT molecular complexity index is 666.